The Hall–Kier alpha value is -1.75. The van der Waals surface area contributed by atoms with Gasteiger partial charge in [0.25, 0.3) is 0 Å². The number of hydrogen-bond donors (Lipinski definition) is 0. The normalized spacial score (nSPS) is 27.9. The number of hydrogen-bond acceptors (Lipinski definition) is 4. The molecule has 148 valence electrons. The molecule has 28 heavy (non-hydrogen) atoms. The molecule has 0 aromatic carbocycles. The fourth-order valence-electron chi connectivity index (χ4n) is 5.46. The minimum atomic E-state index is 0.0940. The lowest BCUT2D eigenvalue weighted by Crippen LogP contribution is -2.29. The van der Waals surface area contributed by atoms with Crippen LogP contribution in [-0.4, -0.2) is 31.4 Å². The Morgan fingerprint density at radius 3 is 2.68 bits per heavy atom. The van der Waals surface area contributed by atoms with Crippen LogP contribution in [0.2, 0.25) is 0 Å². The summed E-state index contributed by atoms with van der Waals surface area (Å²) < 4.78 is 2.63. The van der Waals surface area contributed by atoms with Crippen molar-refractivity contribution < 1.29 is 0 Å². The molecule has 0 amide bonds. The minimum absolute atomic E-state index is 0.0940. The van der Waals surface area contributed by atoms with Gasteiger partial charge in [-0.1, -0.05) is 44.0 Å². The largest absolute Gasteiger partial charge is 0.346 e. The molecule has 2 aromatic rings. The first-order valence-corrected chi connectivity index (χ1v) is 11.6. The van der Waals surface area contributed by atoms with E-state index in [2.05, 4.69) is 53.4 Å². The minimum Gasteiger partial charge on any atom is -0.346 e. The number of amidine groups is 1. The molecule has 2 aliphatic heterocycles. The molecule has 0 radical (unpaired) electrons. The average molecular weight is 395 g/mol. The highest BCUT2D eigenvalue weighted by atomic mass is 32.2. The Labute approximate surface area is 172 Å². The second-order valence-electron chi connectivity index (χ2n) is 8.63. The Kier molecular flexibility index (Phi) is 4.74. The number of aromatic nitrogens is 2. The van der Waals surface area contributed by atoms with Crippen LogP contribution in [0, 0.1) is 13.8 Å². The zero-order chi connectivity index (χ0) is 19.3. The summed E-state index contributed by atoms with van der Waals surface area (Å²) in [5.74, 6) is 0. The van der Waals surface area contributed by atoms with E-state index in [9.17, 15) is 0 Å². The van der Waals surface area contributed by atoms with E-state index in [1.807, 2.05) is 24.0 Å². The Balaban J connectivity index is 1.56. The highest BCUT2D eigenvalue weighted by molar-refractivity contribution is 8.14. The van der Waals surface area contributed by atoms with Gasteiger partial charge in [0.05, 0.1) is 11.7 Å². The molecule has 2 fully saturated rings. The van der Waals surface area contributed by atoms with Crippen LogP contribution in [0.3, 0.4) is 0 Å². The summed E-state index contributed by atoms with van der Waals surface area (Å²) in [5, 5.41) is 1.81. The number of rotatable bonds is 3. The van der Waals surface area contributed by atoms with Crippen LogP contribution < -0.4 is 0 Å². The fourth-order valence-corrected chi connectivity index (χ4v) is 6.55. The van der Waals surface area contributed by atoms with E-state index in [0.29, 0.717) is 11.3 Å². The van der Waals surface area contributed by atoms with Gasteiger partial charge in [-0.3, -0.25) is 9.98 Å². The van der Waals surface area contributed by atoms with Crippen molar-refractivity contribution in [1.29, 1.82) is 0 Å². The van der Waals surface area contributed by atoms with E-state index < -0.39 is 0 Å². The van der Waals surface area contributed by atoms with Crippen molar-refractivity contribution in [3.63, 3.8) is 0 Å². The number of aliphatic imine (C=N–C) groups is 1. The monoisotopic (exact) mass is 394 g/mol. The third-order valence-corrected chi connectivity index (χ3v) is 7.77. The molecule has 0 N–H and O–H groups in total. The van der Waals surface area contributed by atoms with Crippen molar-refractivity contribution in [2.24, 2.45) is 4.99 Å². The Morgan fingerprint density at radius 2 is 1.93 bits per heavy atom. The molecule has 5 rings (SSSR count). The van der Waals surface area contributed by atoms with E-state index in [-0.39, 0.29) is 12.1 Å². The Morgan fingerprint density at radius 1 is 1.11 bits per heavy atom. The van der Waals surface area contributed by atoms with Gasteiger partial charge in [-0.15, -0.1) is 0 Å². The lowest BCUT2D eigenvalue weighted by atomic mass is 9.94. The highest BCUT2D eigenvalue weighted by Crippen LogP contribution is 2.49. The van der Waals surface area contributed by atoms with E-state index in [4.69, 9.17) is 4.99 Å². The first-order valence-electron chi connectivity index (χ1n) is 10.7. The number of pyridine rings is 1. The van der Waals surface area contributed by atoms with Crippen LogP contribution in [0.15, 0.2) is 35.5 Å². The van der Waals surface area contributed by atoms with Gasteiger partial charge in [-0.2, -0.15) is 0 Å². The standard InChI is InChI=1S/C23H30N4S/c1-15-13-19(17(3)27(15)18-9-5-4-6-10-18)22-21(20-11-7-8-12-24-20)25-23-26(22)14-16(2)28-23/h7-8,11-13,16,18,21-22H,4-6,9-10,14H2,1-3H3/t16-,21-,22+/m0/s1. The van der Waals surface area contributed by atoms with Crippen molar-refractivity contribution in [3.05, 3.63) is 53.1 Å². The predicted molar refractivity (Wildman–Crippen MR) is 117 cm³/mol. The van der Waals surface area contributed by atoms with Crippen molar-refractivity contribution in [2.45, 2.75) is 76.3 Å². The van der Waals surface area contributed by atoms with Crippen molar-refractivity contribution >= 4 is 16.9 Å². The molecule has 0 spiro atoms. The zero-order valence-corrected chi connectivity index (χ0v) is 18.0. The molecule has 5 heteroatoms. The third kappa shape index (κ3) is 2.99. The fraction of sp³-hybridized carbons (Fsp3) is 0.565. The maximum absolute atomic E-state index is 5.15. The summed E-state index contributed by atoms with van der Waals surface area (Å²) in [4.78, 5) is 12.4. The molecular weight excluding hydrogens is 364 g/mol. The number of nitrogens with zero attached hydrogens (tertiary/aromatic N) is 4. The van der Waals surface area contributed by atoms with Crippen LogP contribution in [0.4, 0.5) is 0 Å². The molecule has 0 bridgehead atoms. The molecule has 4 heterocycles. The average Bonchev–Trinajstić information content (AvgIpc) is 3.33. The maximum Gasteiger partial charge on any atom is 0.160 e. The van der Waals surface area contributed by atoms with Crippen LogP contribution in [0.25, 0.3) is 0 Å². The van der Waals surface area contributed by atoms with Crippen LogP contribution in [0.1, 0.15) is 79.8 Å². The van der Waals surface area contributed by atoms with E-state index in [1.54, 1.807) is 0 Å². The number of thioether (sulfide) groups is 1. The van der Waals surface area contributed by atoms with Crippen molar-refractivity contribution in [1.82, 2.24) is 14.5 Å². The summed E-state index contributed by atoms with van der Waals surface area (Å²) in [6.07, 6.45) is 8.67. The second kappa shape index (κ2) is 7.25. The summed E-state index contributed by atoms with van der Waals surface area (Å²) >= 11 is 1.92. The molecule has 2 aromatic heterocycles. The third-order valence-electron chi connectivity index (χ3n) is 6.66. The first-order chi connectivity index (χ1) is 13.6. The van der Waals surface area contributed by atoms with Crippen LogP contribution in [-0.2, 0) is 0 Å². The molecule has 1 saturated carbocycles. The van der Waals surface area contributed by atoms with E-state index in [0.717, 1.165) is 12.2 Å². The van der Waals surface area contributed by atoms with E-state index in [1.165, 1.54) is 54.2 Å². The Bertz CT molecular complexity index is 882. The molecule has 3 atom stereocenters. The molecule has 4 nitrogen and oxygen atoms in total. The smallest absolute Gasteiger partial charge is 0.160 e. The number of aryl methyl sites for hydroxylation is 1. The van der Waals surface area contributed by atoms with Gasteiger partial charge in [0.2, 0.25) is 0 Å². The maximum atomic E-state index is 5.15. The van der Waals surface area contributed by atoms with Crippen LogP contribution in [0.5, 0.6) is 0 Å². The van der Waals surface area contributed by atoms with Gasteiger partial charge in [0, 0.05) is 35.4 Å². The summed E-state index contributed by atoms with van der Waals surface area (Å²) in [6, 6.07) is 9.69. The van der Waals surface area contributed by atoms with E-state index >= 15 is 0 Å². The molecular formula is C23H30N4S. The summed E-state index contributed by atoms with van der Waals surface area (Å²) in [7, 11) is 0. The van der Waals surface area contributed by atoms with Crippen molar-refractivity contribution in [2.75, 3.05) is 6.54 Å². The molecule has 0 unspecified atom stereocenters. The lowest BCUT2D eigenvalue weighted by Gasteiger charge is -2.29. The van der Waals surface area contributed by atoms with Gasteiger partial charge < -0.3 is 9.47 Å². The van der Waals surface area contributed by atoms with Gasteiger partial charge in [-0.05, 0) is 50.5 Å². The quantitative estimate of drug-likeness (QED) is 0.680. The predicted octanol–water partition coefficient (Wildman–Crippen LogP) is 5.59. The topological polar surface area (TPSA) is 33.4 Å². The molecule has 3 aliphatic rings. The van der Waals surface area contributed by atoms with Gasteiger partial charge in [-0.25, -0.2) is 0 Å². The SMILES string of the molecule is Cc1cc([C@@H]2[C@H](c3ccccn3)N=C3S[C@@H](C)CN32)c(C)n1C1CCCCC1. The lowest BCUT2D eigenvalue weighted by molar-refractivity contribution is 0.315. The second-order valence-corrected chi connectivity index (χ2v) is 10.0. The van der Waals surface area contributed by atoms with Crippen molar-refractivity contribution in [3.8, 4) is 0 Å². The number of fused-ring (bicyclic) bond motifs is 1. The highest BCUT2D eigenvalue weighted by Gasteiger charge is 2.44. The van der Waals surface area contributed by atoms with Gasteiger partial charge in [0.15, 0.2) is 5.17 Å². The van der Waals surface area contributed by atoms with Crippen LogP contribution >= 0.6 is 11.8 Å². The summed E-state index contributed by atoms with van der Waals surface area (Å²) in [6.45, 7) is 8.00. The van der Waals surface area contributed by atoms with Gasteiger partial charge >= 0.3 is 0 Å². The van der Waals surface area contributed by atoms with Gasteiger partial charge in [0.1, 0.15) is 6.04 Å². The summed E-state index contributed by atoms with van der Waals surface area (Å²) in [5.41, 5.74) is 5.39. The zero-order valence-electron chi connectivity index (χ0n) is 17.1. The molecule has 1 saturated heterocycles. The molecule has 1 aliphatic carbocycles. The first kappa shape index (κ1) is 18.3.